The molecule has 3 aliphatic heterocycles. The van der Waals surface area contributed by atoms with Crippen LogP contribution in [0.3, 0.4) is 0 Å². The second-order valence-corrected chi connectivity index (χ2v) is 24.3. The van der Waals surface area contributed by atoms with E-state index >= 15 is 0 Å². The molecule has 1 spiro atoms. The molecule has 3 fully saturated rings. The van der Waals surface area contributed by atoms with E-state index in [1.165, 1.54) is 0 Å². The van der Waals surface area contributed by atoms with E-state index in [2.05, 4.69) is 71.3 Å². The molecule has 0 bridgehead atoms. The van der Waals surface area contributed by atoms with Crippen LogP contribution < -0.4 is 10.6 Å². The molecule has 0 radical (unpaired) electrons. The van der Waals surface area contributed by atoms with Crippen molar-refractivity contribution < 1.29 is 38.1 Å². The number of aliphatic hydroxyl groups is 1. The Bertz CT molecular complexity index is 1340. The smallest absolute Gasteiger partial charge is 0.225 e. The fourth-order valence-corrected chi connectivity index (χ4v) is 9.59. The van der Waals surface area contributed by atoms with Crippen molar-refractivity contribution in [1.29, 1.82) is 0 Å². The van der Waals surface area contributed by atoms with Gasteiger partial charge in [0, 0.05) is 32.4 Å². The average Bonchev–Trinajstić information content (AvgIpc) is 3.13. The van der Waals surface area contributed by atoms with Crippen LogP contribution in [0.1, 0.15) is 153 Å². The summed E-state index contributed by atoms with van der Waals surface area (Å²) in [4.78, 5) is 39.2. The molecule has 3 N–H and O–H groups in total. The van der Waals surface area contributed by atoms with Gasteiger partial charge >= 0.3 is 0 Å². The van der Waals surface area contributed by atoms with Crippen molar-refractivity contribution in [2.24, 2.45) is 23.7 Å². The molecule has 3 heterocycles. The van der Waals surface area contributed by atoms with Crippen LogP contribution in [0, 0.1) is 23.7 Å². The molecule has 3 aliphatic rings. The summed E-state index contributed by atoms with van der Waals surface area (Å²) in [5, 5.41) is 16.1. The Hall–Kier alpha value is -1.89. The Labute approximate surface area is 347 Å². The number of hydrogen-bond donors (Lipinski definition) is 3. The Kier molecular flexibility index (Phi) is 19.6. The predicted octanol–water partition coefficient (Wildman–Crippen LogP) is 8.96. The van der Waals surface area contributed by atoms with Crippen molar-refractivity contribution in [2.75, 3.05) is 13.1 Å². The van der Waals surface area contributed by atoms with Gasteiger partial charge in [0.05, 0.1) is 49.0 Å². The number of rotatable bonds is 20. The van der Waals surface area contributed by atoms with E-state index in [4.69, 9.17) is 18.6 Å². The normalized spacial score (nSPS) is 29.8. The van der Waals surface area contributed by atoms with Crippen LogP contribution >= 0.6 is 0 Å². The lowest BCUT2D eigenvalue weighted by atomic mass is 9.85. The maximum atomic E-state index is 13.7. The minimum absolute atomic E-state index is 0.0432. The van der Waals surface area contributed by atoms with Crippen molar-refractivity contribution in [3.8, 4) is 0 Å². The molecule has 10 nitrogen and oxygen atoms in total. The second kappa shape index (κ2) is 22.6. The van der Waals surface area contributed by atoms with E-state index in [1.807, 2.05) is 27.7 Å². The van der Waals surface area contributed by atoms with E-state index in [0.29, 0.717) is 24.8 Å². The molecule has 0 saturated carbocycles. The average molecular weight is 819 g/mol. The summed E-state index contributed by atoms with van der Waals surface area (Å²) in [7, 11) is -2.28. The summed E-state index contributed by atoms with van der Waals surface area (Å²) < 4.78 is 26.6. The van der Waals surface area contributed by atoms with Gasteiger partial charge in [0.2, 0.25) is 11.8 Å². The highest BCUT2D eigenvalue weighted by Crippen LogP contribution is 2.43. The third kappa shape index (κ3) is 15.9. The van der Waals surface area contributed by atoms with Crippen LogP contribution in [-0.2, 0) is 33.0 Å². The van der Waals surface area contributed by atoms with Gasteiger partial charge in [-0.15, -0.1) is 0 Å². The molecular formula is C46H82N2O8Si. The van der Waals surface area contributed by atoms with E-state index in [9.17, 15) is 19.5 Å². The summed E-state index contributed by atoms with van der Waals surface area (Å²) in [5.41, 5.74) is 1.02. The molecule has 11 atom stereocenters. The van der Waals surface area contributed by atoms with Gasteiger partial charge in [-0.25, -0.2) is 0 Å². The van der Waals surface area contributed by atoms with E-state index < -0.39 is 32.2 Å². The molecule has 328 valence electrons. The SMILES string of the molecule is C/C=C/C(=O)C[C@H]1CC[C@@H](C)[C@@H](CC(=O)NC[C@@H](O[Si](C)(C)C(C)(C)C)[C@H](C)C(=O)NCCC[C@H]2O[C@@]3(CCC[C@@H](CC[C@H](C)/C=C(\C)[C@H](C)O)O3)CC[C@@H]2C)O1. The molecule has 3 saturated heterocycles. The number of nitrogens with one attached hydrogen (secondary N) is 2. The molecule has 0 aromatic rings. The van der Waals surface area contributed by atoms with Crippen molar-refractivity contribution in [1.82, 2.24) is 10.6 Å². The first-order valence-electron chi connectivity index (χ1n) is 22.4. The lowest BCUT2D eigenvalue weighted by molar-refractivity contribution is -0.324. The first-order chi connectivity index (χ1) is 26.6. The third-order valence-electron chi connectivity index (χ3n) is 13.4. The summed E-state index contributed by atoms with van der Waals surface area (Å²) in [6.45, 7) is 25.8. The van der Waals surface area contributed by atoms with E-state index in [1.54, 1.807) is 12.2 Å². The molecule has 11 heteroatoms. The van der Waals surface area contributed by atoms with Crippen LogP contribution in [0.2, 0.25) is 18.1 Å². The Balaban J connectivity index is 1.53. The monoisotopic (exact) mass is 819 g/mol. The number of carbonyl (C=O) groups is 3. The zero-order valence-electron chi connectivity index (χ0n) is 37.9. The van der Waals surface area contributed by atoms with Gasteiger partial charge in [0.15, 0.2) is 19.9 Å². The van der Waals surface area contributed by atoms with Gasteiger partial charge in [-0.1, -0.05) is 60.6 Å². The fraction of sp³-hybridized carbons (Fsp3) is 0.848. The first kappa shape index (κ1) is 49.5. The number of aliphatic hydroxyl groups excluding tert-OH is 1. The van der Waals surface area contributed by atoms with Gasteiger partial charge in [-0.2, -0.15) is 0 Å². The zero-order valence-corrected chi connectivity index (χ0v) is 38.9. The summed E-state index contributed by atoms with van der Waals surface area (Å²) >= 11 is 0. The van der Waals surface area contributed by atoms with Crippen LogP contribution in [-0.4, -0.2) is 86.5 Å². The summed E-state index contributed by atoms with van der Waals surface area (Å²) in [6.07, 6.45) is 15.4. The molecule has 3 rings (SSSR count). The van der Waals surface area contributed by atoms with Crippen LogP contribution in [0.25, 0.3) is 0 Å². The molecule has 0 aliphatic carbocycles. The van der Waals surface area contributed by atoms with Gasteiger partial charge < -0.3 is 34.4 Å². The minimum Gasteiger partial charge on any atom is -0.411 e. The van der Waals surface area contributed by atoms with Crippen LogP contribution in [0.5, 0.6) is 0 Å². The quantitative estimate of drug-likeness (QED) is 0.0481. The number of carbonyl (C=O) groups excluding carboxylic acids is 3. The number of ketones is 1. The lowest BCUT2D eigenvalue weighted by Crippen LogP contribution is -2.52. The second-order valence-electron chi connectivity index (χ2n) is 19.5. The number of ether oxygens (including phenoxy) is 3. The fourth-order valence-electron chi connectivity index (χ4n) is 8.19. The molecule has 0 unspecified atom stereocenters. The largest absolute Gasteiger partial charge is 0.411 e. The van der Waals surface area contributed by atoms with Crippen molar-refractivity contribution in [3.63, 3.8) is 0 Å². The standard InChI is InChI=1S/C46H82N2O8Si/c1-13-16-37(50)28-39-22-20-32(3)41(53-39)29-43(51)48-30-42(56-57(11,12)45(8,9)10)35(6)44(52)47-26-15-18-40-33(4)23-25-46(55-40)24-14-17-38(54-46)21-19-31(2)27-34(5)36(7)49/h13,16,27,31-33,35-36,38-42,49H,14-15,17-26,28-30H2,1-12H3,(H,47,52)(H,48,51)/b16-13+,34-27+/t31-,32+,33-,35-,36-,38-,39+,40+,41+,42+,46-/m0/s1. The molecular weight excluding hydrogens is 737 g/mol. The van der Waals surface area contributed by atoms with Gasteiger partial charge in [-0.05, 0) is 126 Å². The lowest BCUT2D eigenvalue weighted by Gasteiger charge is -2.48. The van der Waals surface area contributed by atoms with Crippen molar-refractivity contribution in [3.05, 3.63) is 23.8 Å². The highest BCUT2D eigenvalue weighted by molar-refractivity contribution is 6.74. The Morgan fingerprint density at radius 3 is 2.30 bits per heavy atom. The molecule has 0 aromatic heterocycles. The summed E-state index contributed by atoms with van der Waals surface area (Å²) in [5.74, 6) is -0.138. The van der Waals surface area contributed by atoms with Gasteiger partial charge in [0.25, 0.3) is 0 Å². The topological polar surface area (TPSA) is 132 Å². The predicted molar refractivity (Wildman–Crippen MR) is 231 cm³/mol. The van der Waals surface area contributed by atoms with Crippen LogP contribution in [0.15, 0.2) is 23.8 Å². The Morgan fingerprint density at radius 1 is 0.930 bits per heavy atom. The number of allylic oxidation sites excluding steroid dienone is 3. The molecule has 57 heavy (non-hydrogen) atoms. The first-order valence-corrected chi connectivity index (χ1v) is 25.3. The van der Waals surface area contributed by atoms with E-state index in [0.717, 1.165) is 76.2 Å². The highest BCUT2D eigenvalue weighted by Gasteiger charge is 2.45. The third-order valence-corrected chi connectivity index (χ3v) is 17.9. The number of amides is 2. The number of hydrogen-bond acceptors (Lipinski definition) is 8. The van der Waals surface area contributed by atoms with Crippen molar-refractivity contribution in [2.45, 2.75) is 213 Å². The maximum Gasteiger partial charge on any atom is 0.225 e. The maximum absolute atomic E-state index is 13.7. The minimum atomic E-state index is -2.28. The van der Waals surface area contributed by atoms with E-state index in [-0.39, 0.29) is 65.9 Å². The highest BCUT2D eigenvalue weighted by atomic mass is 28.4. The Morgan fingerprint density at radius 2 is 1.63 bits per heavy atom. The van der Waals surface area contributed by atoms with Crippen molar-refractivity contribution >= 4 is 25.9 Å². The zero-order chi connectivity index (χ0) is 42.6. The summed E-state index contributed by atoms with van der Waals surface area (Å²) in [6, 6.07) is 0. The molecule has 0 aromatic carbocycles. The van der Waals surface area contributed by atoms with Gasteiger partial charge in [-0.3, -0.25) is 14.4 Å². The molecule has 2 amide bonds. The van der Waals surface area contributed by atoms with Gasteiger partial charge in [0.1, 0.15) is 0 Å². The van der Waals surface area contributed by atoms with Crippen LogP contribution in [0.4, 0.5) is 0 Å².